The van der Waals surface area contributed by atoms with Gasteiger partial charge < -0.3 is 44.2 Å². The quantitative estimate of drug-likeness (QED) is 0.353. The molecule has 0 bridgehead atoms. The van der Waals surface area contributed by atoms with E-state index < -0.39 is 53.9 Å². The average molecular weight is 680 g/mol. The number of carbonyl (C=O) groups is 4. The highest BCUT2D eigenvalue weighted by Crippen LogP contribution is 2.37. The molecule has 1 saturated heterocycles. The van der Waals surface area contributed by atoms with Crippen molar-refractivity contribution < 1.29 is 51.3 Å². The van der Waals surface area contributed by atoms with Crippen LogP contribution in [0.5, 0.6) is 11.5 Å². The van der Waals surface area contributed by atoms with E-state index in [0.717, 1.165) is 12.8 Å². The fourth-order valence-corrected chi connectivity index (χ4v) is 4.79. The van der Waals surface area contributed by atoms with Gasteiger partial charge in [-0.3, -0.25) is 9.59 Å². The van der Waals surface area contributed by atoms with Gasteiger partial charge in [0.05, 0.1) is 19.2 Å². The van der Waals surface area contributed by atoms with Crippen LogP contribution in [-0.4, -0.2) is 88.9 Å². The van der Waals surface area contributed by atoms with Crippen molar-refractivity contribution in [3.05, 3.63) is 29.7 Å². The minimum absolute atomic E-state index is 0.0271. The summed E-state index contributed by atoms with van der Waals surface area (Å²) in [7, 11) is 0. The number of hydrogen-bond acceptors (Lipinski definition) is 10. The molecule has 14 nitrogen and oxygen atoms in total. The van der Waals surface area contributed by atoms with Crippen molar-refractivity contribution in [2.24, 2.45) is 11.7 Å². The first-order valence-corrected chi connectivity index (χ1v) is 15.6. The average Bonchev–Trinajstić information content (AvgIpc) is 3.68. The summed E-state index contributed by atoms with van der Waals surface area (Å²) in [5, 5.41) is 2.62. The number of alkyl carbamates (subject to hydrolysis) is 1. The van der Waals surface area contributed by atoms with Crippen molar-refractivity contribution >= 4 is 24.0 Å². The van der Waals surface area contributed by atoms with Crippen molar-refractivity contribution in [2.45, 2.75) is 91.2 Å². The Morgan fingerprint density at radius 1 is 1.04 bits per heavy atom. The van der Waals surface area contributed by atoms with Crippen LogP contribution in [0.25, 0.3) is 11.5 Å². The smallest absolute Gasteiger partial charge is 0.410 e. The Morgan fingerprint density at radius 3 is 2.29 bits per heavy atom. The normalized spacial score (nSPS) is 17.5. The van der Waals surface area contributed by atoms with E-state index in [9.17, 15) is 28.0 Å². The standard InChI is InChI=1S/C32H43F2N5O9/c1-17(36-29(42)47-31(2,3)4)24-23(27(41)39-13-12-38(15-20(39)25(35)40)30(43)48-32(5,6)7)37-26(46-24)19-10-11-21(45-28(33)34)22(14-19)44-16-18-8-9-18/h10-11,14,17-18,20,28H,8-9,12-13,15-16H2,1-7H3,(H2,35,40)(H,36,42)/t17-,20?/m0/s1. The molecule has 4 amide bonds. The number of nitrogens with zero attached hydrogens (tertiary/aromatic N) is 3. The molecular weight excluding hydrogens is 636 g/mol. The Hall–Kier alpha value is -4.63. The van der Waals surface area contributed by atoms with Gasteiger partial charge in [-0.05, 0) is 85.4 Å². The Labute approximate surface area is 277 Å². The number of oxazole rings is 1. The number of piperazine rings is 1. The number of nitrogens with two attached hydrogens (primary N) is 1. The van der Waals surface area contributed by atoms with Crippen LogP contribution in [0.2, 0.25) is 0 Å². The first-order valence-electron chi connectivity index (χ1n) is 15.6. The van der Waals surface area contributed by atoms with Crippen LogP contribution in [0.1, 0.15) is 83.6 Å². The molecule has 1 aromatic heterocycles. The zero-order valence-corrected chi connectivity index (χ0v) is 28.1. The fourth-order valence-electron chi connectivity index (χ4n) is 4.79. The first-order chi connectivity index (χ1) is 22.3. The van der Waals surface area contributed by atoms with Gasteiger partial charge in [0.25, 0.3) is 5.91 Å². The first kappa shape index (κ1) is 36.2. The molecule has 2 atom stereocenters. The number of ether oxygens (including phenoxy) is 4. The van der Waals surface area contributed by atoms with Crippen LogP contribution < -0.4 is 20.5 Å². The van der Waals surface area contributed by atoms with E-state index in [2.05, 4.69) is 15.0 Å². The summed E-state index contributed by atoms with van der Waals surface area (Å²) in [6, 6.07) is 1.87. The molecule has 3 N–H and O–H groups in total. The van der Waals surface area contributed by atoms with Crippen LogP contribution in [0.15, 0.2) is 22.6 Å². The van der Waals surface area contributed by atoms with E-state index in [-0.39, 0.29) is 54.0 Å². The summed E-state index contributed by atoms with van der Waals surface area (Å²) in [6.45, 7) is 8.61. The van der Waals surface area contributed by atoms with Gasteiger partial charge >= 0.3 is 18.8 Å². The van der Waals surface area contributed by atoms with Gasteiger partial charge in [-0.1, -0.05) is 0 Å². The maximum atomic E-state index is 14.1. The van der Waals surface area contributed by atoms with E-state index >= 15 is 0 Å². The number of primary amides is 1. The van der Waals surface area contributed by atoms with E-state index in [1.54, 1.807) is 48.5 Å². The number of carbonyl (C=O) groups excluding carboxylic acids is 4. The van der Waals surface area contributed by atoms with Gasteiger partial charge in [0.15, 0.2) is 23.0 Å². The highest BCUT2D eigenvalue weighted by molar-refractivity contribution is 5.97. The van der Waals surface area contributed by atoms with Crippen LogP contribution in [0.4, 0.5) is 18.4 Å². The Balaban J connectivity index is 1.69. The third-order valence-corrected chi connectivity index (χ3v) is 7.18. The minimum Gasteiger partial charge on any atom is -0.489 e. The van der Waals surface area contributed by atoms with Crippen LogP contribution in [-0.2, 0) is 14.3 Å². The number of amides is 4. The molecule has 16 heteroatoms. The number of benzene rings is 1. The molecule has 1 aliphatic carbocycles. The fraction of sp³-hybridized carbons (Fsp3) is 0.594. The number of rotatable bonds is 10. The largest absolute Gasteiger partial charge is 0.489 e. The summed E-state index contributed by atoms with van der Waals surface area (Å²) in [6.07, 6.45) is 0.455. The summed E-state index contributed by atoms with van der Waals surface area (Å²) in [5.74, 6) is -1.66. The molecular formula is C32H43F2N5O9. The summed E-state index contributed by atoms with van der Waals surface area (Å²) in [4.78, 5) is 59.0. The monoisotopic (exact) mass is 679 g/mol. The second-order valence-corrected chi connectivity index (χ2v) is 13.7. The number of alkyl halides is 2. The lowest BCUT2D eigenvalue weighted by molar-refractivity contribution is -0.124. The maximum absolute atomic E-state index is 14.1. The van der Waals surface area contributed by atoms with Crippen molar-refractivity contribution in [1.29, 1.82) is 0 Å². The number of halogens is 2. The molecule has 2 fully saturated rings. The zero-order valence-electron chi connectivity index (χ0n) is 28.1. The van der Waals surface area contributed by atoms with Crippen LogP contribution in [0.3, 0.4) is 0 Å². The predicted molar refractivity (Wildman–Crippen MR) is 166 cm³/mol. The number of hydrogen-bond donors (Lipinski definition) is 2. The SMILES string of the molecule is C[C@H](NC(=O)OC(C)(C)C)c1oc(-c2ccc(OC(F)F)c(OCC3CC3)c2)nc1C(=O)N1CCN(C(=O)OC(C)(C)C)CC1C(N)=O. The lowest BCUT2D eigenvalue weighted by Gasteiger charge is -2.39. The van der Waals surface area contributed by atoms with Gasteiger partial charge in [-0.25, -0.2) is 14.6 Å². The minimum atomic E-state index is -3.09. The highest BCUT2D eigenvalue weighted by Gasteiger charge is 2.40. The molecule has 1 saturated carbocycles. The topological polar surface area (TPSA) is 176 Å². The van der Waals surface area contributed by atoms with E-state index in [1.165, 1.54) is 28.0 Å². The molecule has 1 aliphatic heterocycles. The van der Waals surface area contributed by atoms with Crippen molar-refractivity contribution in [1.82, 2.24) is 20.1 Å². The van der Waals surface area contributed by atoms with Gasteiger partial charge in [0.1, 0.15) is 17.2 Å². The maximum Gasteiger partial charge on any atom is 0.410 e. The second-order valence-electron chi connectivity index (χ2n) is 13.7. The van der Waals surface area contributed by atoms with E-state index in [0.29, 0.717) is 12.5 Å². The lowest BCUT2D eigenvalue weighted by atomic mass is 10.1. The molecule has 0 radical (unpaired) electrons. The van der Waals surface area contributed by atoms with E-state index in [4.69, 9.17) is 24.4 Å². The third kappa shape index (κ3) is 9.70. The molecule has 0 spiro atoms. The lowest BCUT2D eigenvalue weighted by Crippen LogP contribution is -2.61. The predicted octanol–water partition coefficient (Wildman–Crippen LogP) is 4.86. The molecule has 48 heavy (non-hydrogen) atoms. The van der Waals surface area contributed by atoms with Gasteiger partial charge in [-0.2, -0.15) is 8.78 Å². The molecule has 1 unspecified atom stereocenters. The second kappa shape index (κ2) is 14.2. The zero-order chi connectivity index (χ0) is 35.6. The Bertz CT molecular complexity index is 1510. The molecule has 2 aliphatic rings. The van der Waals surface area contributed by atoms with E-state index in [1.807, 2.05) is 0 Å². The molecule has 1 aromatic carbocycles. The third-order valence-electron chi connectivity index (χ3n) is 7.18. The number of aromatic nitrogens is 1. The van der Waals surface area contributed by atoms with Gasteiger partial charge in [-0.15, -0.1) is 0 Å². The van der Waals surface area contributed by atoms with Crippen LogP contribution in [0, 0.1) is 5.92 Å². The Kier molecular flexibility index (Phi) is 10.7. The van der Waals surface area contributed by atoms with Gasteiger partial charge in [0, 0.05) is 18.7 Å². The highest BCUT2D eigenvalue weighted by atomic mass is 19.3. The molecule has 2 aromatic rings. The van der Waals surface area contributed by atoms with Gasteiger partial charge in [0.2, 0.25) is 11.8 Å². The summed E-state index contributed by atoms with van der Waals surface area (Å²) >= 11 is 0. The molecule has 2 heterocycles. The number of nitrogens with one attached hydrogen (secondary N) is 1. The molecule has 264 valence electrons. The summed E-state index contributed by atoms with van der Waals surface area (Å²) in [5.41, 5.74) is 4.09. The van der Waals surface area contributed by atoms with Crippen LogP contribution >= 0.6 is 0 Å². The van der Waals surface area contributed by atoms with Crippen molar-refractivity contribution in [3.8, 4) is 23.0 Å². The Morgan fingerprint density at radius 2 is 1.71 bits per heavy atom. The van der Waals surface area contributed by atoms with Crippen molar-refractivity contribution in [3.63, 3.8) is 0 Å². The molecule has 4 rings (SSSR count). The summed E-state index contributed by atoms with van der Waals surface area (Å²) < 4.78 is 53.5. The van der Waals surface area contributed by atoms with Crippen molar-refractivity contribution in [2.75, 3.05) is 26.2 Å².